The monoisotopic (exact) mass is 246 g/mol. The molecule has 1 saturated heterocycles. The van der Waals surface area contributed by atoms with Gasteiger partial charge >= 0.3 is 0 Å². The van der Waals surface area contributed by atoms with Gasteiger partial charge in [-0.3, -0.25) is 4.79 Å². The van der Waals surface area contributed by atoms with Crippen molar-refractivity contribution in [3.8, 4) is 0 Å². The first kappa shape index (κ1) is 13.1. The zero-order valence-electron chi connectivity index (χ0n) is 11.3. The minimum absolute atomic E-state index is 0.116. The van der Waals surface area contributed by atoms with E-state index in [4.69, 9.17) is 0 Å². The predicted octanol–water partition coefficient (Wildman–Crippen LogP) is 2.50. The van der Waals surface area contributed by atoms with Crippen molar-refractivity contribution in [2.45, 2.75) is 33.1 Å². The SMILES string of the molecule is CCc1ccc(NC(=O)C2CCCNC2)cc1C. The highest BCUT2D eigenvalue weighted by molar-refractivity contribution is 5.92. The van der Waals surface area contributed by atoms with Crippen LogP contribution in [0.4, 0.5) is 5.69 Å². The first-order valence-electron chi connectivity index (χ1n) is 6.82. The Balaban J connectivity index is 2.00. The largest absolute Gasteiger partial charge is 0.326 e. The van der Waals surface area contributed by atoms with E-state index < -0.39 is 0 Å². The summed E-state index contributed by atoms with van der Waals surface area (Å²) in [5, 5.41) is 6.30. The van der Waals surface area contributed by atoms with Crippen LogP contribution in [0.2, 0.25) is 0 Å². The van der Waals surface area contributed by atoms with Crippen molar-refractivity contribution >= 4 is 11.6 Å². The number of amides is 1. The van der Waals surface area contributed by atoms with Gasteiger partial charge in [0.2, 0.25) is 5.91 Å². The Morgan fingerprint density at radius 1 is 1.50 bits per heavy atom. The maximum absolute atomic E-state index is 12.1. The third-order valence-corrected chi connectivity index (χ3v) is 3.66. The summed E-state index contributed by atoms with van der Waals surface area (Å²) < 4.78 is 0. The second-order valence-electron chi connectivity index (χ2n) is 5.03. The molecular weight excluding hydrogens is 224 g/mol. The van der Waals surface area contributed by atoms with Gasteiger partial charge < -0.3 is 10.6 Å². The van der Waals surface area contributed by atoms with E-state index in [-0.39, 0.29) is 11.8 Å². The van der Waals surface area contributed by atoms with Gasteiger partial charge in [0.15, 0.2) is 0 Å². The summed E-state index contributed by atoms with van der Waals surface area (Å²) in [6.07, 6.45) is 3.11. The molecule has 1 aromatic rings. The standard InChI is InChI=1S/C15H22N2O/c1-3-12-6-7-14(9-11(12)2)17-15(18)13-5-4-8-16-10-13/h6-7,9,13,16H,3-5,8,10H2,1-2H3,(H,17,18). The van der Waals surface area contributed by atoms with Crippen LogP contribution in [0, 0.1) is 12.8 Å². The van der Waals surface area contributed by atoms with Crippen molar-refractivity contribution in [3.63, 3.8) is 0 Å². The van der Waals surface area contributed by atoms with Crippen LogP contribution in [0.1, 0.15) is 30.9 Å². The Morgan fingerprint density at radius 2 is 2.33 bits per heavy atom. The summed E-state index contributed by atoms with van der Waals surface area (Å²) in [7, 11) is 0. The number of hydrogen-bond acceptors (Lipinski definition) is 2. The smallest absolute Gasteiger partial charge is 0.228 e. The lowest BCUT2D eigenvalue weighted by Crippen LogP contribution is -2.37. The van der Waals surface area contributed by atoms with Crippen molar-refractivity contribution in [1.82, 2.24) is 5.32 Å². The molecule has 1 atom stereocenters. The molecule has 1 heterocycles. The Kier molecular flexibility index (Phi) is 4.37. The highest BCUT2D eigenvalue weighted by atomic mass is 16.1. The second kappa shape index (κ2) is 6.01. The van der Waals surface area contributed by atoms with E-state index in [1.807, 2.05) is 6.07 Å². The summed E-state index contributed by atoms with van der Waals surface area (Å²) in [5.74, 6) is 0.260. The van der Waals surface area contributed by atoms with Crippen LogP contribution < -0.4 is 10.6 Å². The summed E-state index contributed by atoms with van der Waals surface area (Å²) in [4.78, 5) is 12.1. The maximum Gasteiger partial charge on any atom is 0.228 e. The number of rotatable bonds is 3. The van der Waals surface area contributed by atoms with Crippen LogP contribution in [-0.4, -0.2) is 19.0 Å². The van der Waals surface area contributed by atoms with Gasteiger partial charge in [-0.05, 0) is 56.0 Å². The normalized spacial score (nSPS) is 19.6. The maximum atomic E-state index is 12.1. The number of piperidine rings is 1. The van der Waals surface area contributed by atoms with E-state index in [9.17, 15) is 4.79 Å². The highest BCUT2D eigenvalue weighted by Gasteiger charge is 2.20. The Bertz CT molecular complexity index is 423. The molecule has 1 amide bonds. The highest BCUT2D eigenvalue weighted by Crippen LogP contribution is 2.18. The molecule has 1 aliphatic rings. The topological polar surface area (TPSA) is 41.1 Å². The van der Waals surface area contributed by atoms with E-state index in [2.05, 4.69) is 36.6 Å². The fourth-order valence-electron chi connectivity index (χ4n) is 2.49. The van der Waals surface area contributed by atoms with Gasteiger partial charge in [-0.25, -0.2) is 0 Å². The van der Waals surface area contributed by atoms with Crippen LogP contribution in [0.25, 0.3) is 0 Å². The number of anilines is 1. The van der Waals surface area contributed by atoms with Crippen LogP contribution >= 0.6 is 0 Å². The average molecular weight is 246 g/mol. The van der Waals surface area contributed by atoms with Gasteiger partial charge in [-0.2, -0.15) is 0 Å². The van der Waals surface area contributed by atoms with Crippen LogP contribution in [0.3, 0.4) is 0 Å². The number of carbonyl (C=O) groups excluding carboxylic acids is 1. The van der Waals surface area contributed by atoms with Crippen LogP contribution in [0.5, 0.6) is 0 Å². The van der Waals surface area contributed by atoms with E-state index in [0.717, 1.165) is 38.0 Å². The average Bonchev–Trinajstić information content (AvgIpc) is 2.40. The number of hydrogen-bond donors (Lipinski definition) is 2. The zero-order chi connectivity index (χ0) is 13.0. The molecule has 0 radical (unpaired) electrons. The summed E-state index contributed by atoms with van der Waals surface area (Å²) >= 11 is 0. The van der Waals surface area contributed by atoms with Gasteiger partial charge in [0.25, 0.3) is 0 Å². The molecule has 18 heavy (non-hydrogen) atoms. The second-order valence-corrected chi connectivity index (χ2v) is 5.03. The number of aryl methyl sites for hydroxylation is 2. The molecule has 1 aromatic carbocycles. The third-order valence-electron chi connectivity index (χ3n) is 3.66. The molecule has 3 nitrogen and oxygen atoms in total. The van der Waals surface area contributed by atoms with E-state index >= 15 is 0 Å². The van der Waals surface area contributed by atoms with Crippen molar-refractivity contribution in [1.29, 1.82) is 0 Å². The molecule has 2 rings (SSSR count). The molecule has 1 fully saturated rings. The fourth-order valence-corrected chi connectivity index (χ4v) is 2.49. The fraction of sp³-hybridized carbons (Fsp3) is 0.533. The molecular formula is C15H22N2O. The minimum Gasteiger partial charge on any atom is -0.326 e. The molecule has 0 bridgehead atoms. The molecule has 0 spiro atoms. The van der Waals surface area contributed by atoms with Crippen LogP contribution in [-0.2, 0) is 11.2 Å². The Labute approximate surface area is 109 Å². The summed E-state index contributed by atoms with van der Waals surface area (Å²) in [5.41, 5.74) is 3.50. The minimum atomic E-state index is 0.116. The number of carbonyl (C=O) groups is 1. The summed E-state index contributed by atoms with van der Waals surface area (Å²) in [6, 6.07) is 6.16. The lowest BCUT2D eigenvalue weighted by atomic mass is 9.98. The number of nitrogens with one attached hydrogen (secondary N) is 2. The summed E-state index contributed by atoms with van der Waals surface area (Å²) in [6.45, 7) is 6.08. The van der Waals surface area contributed by atoms with Gasteiger partial charge in [0.05, 0.1) is 5.92 Å². The molecule has 1 aliphatic heterocycles. The van der Waals surface area contributed by atoms with E-state index in [1.165, 1.54) is 11.1 Å². The van der Waals surface area contributed by atoms with Gasteiger partial charge in [0.1, 0.15) is 0 Å². The molecule has 1 unspecified atom stereocenters. The molecule has 0 aliphatic carbocycles. The van der Waals surface area contributed by atoms with Gasteiger partial charge in [-0.15, -0.1) is 0 Å². The lowest BCUT2D eigenvalue weighted by Gasteiger charge is -2.22. The quantitative estimate of drug-likeness (QED) is 0.860. The van der Waals surface area contributed by atoms with Crippen molar-refractivity contribution in [2.24, 2.45) is 5.92 Å². The predicted molar refractivity (Wildman–Crippen MR) is 74.8 cm³/mol. The van der Waals surface area contributed by atoms with Gasteiger partial charge in [0, 0.05) is 12.2 Å². The van der Waals surface area contributed by atoms with Crippen LogP contribution in [0.15, 0.2) is 18.2 Å². The van der Waals surface area contributed by atoms with E-state index in [1.54, 1.807) is 0 Å². The molecule has 0 aromatic heterocycles. The van der Waals surface area contributed by atoms with Gasteiger partial charge in [-0.1, -0.05) is 13.0 Å². The zero-order valence-corrected chi connectivity index (χ0v) is 11.3. The van der Waals surface area contributed by atoms with Crippen molar-refractivity contribution in [2.75, 3.05) is 18.4 Å². The lowest BCUT2D eigenvalue weighted by molar-refractivity contribution is -0.120. The number of benzene rings is 1. The molecule has 3 heteroatoms. The molecule has 98 valence electrons. The third kappa shape index (κ3) is 3.10. The van der Waals surface area contributed by atoms with E-state index in [0.29, 0.717) is 0 Å². The Morgan fingerprint density at radius 3 is 2.94 bits per heavy atom. The molecule has 0 saturated carbocycles. The first-order valence-corrected chi connectivity index (χ1v) is 6.82. The first-order chi connectivity index (χ1) is 8.70. The van der Waals surface area contributed by atoms with Crippen molar-refractivity contribution in [3.05, 3.63) is 29.3 Å². The Hall–Kier alpha value is -1.35. The van der Waals surface area contributed by atoms with Crippen molar-refractivity contribution < 1.29 is 4.79 Å². The molecule has 2 N–H and O–H groups in total.